The maximum atomic E-state index is 13.2. The molecule has 4 rings (SSSR count). The summed E-state index contributed by atoms with van der Waals surface area (Å²) in [5, 5.41) is 1.15. The summed E-state index contributed by atoms with van der Waals surface area (Å²) in [4.78, 5) is 22.2. The number of amides is 1. The van der Waals surface area contributed by atoms with Gasteiger partial charge in [-0.25, -0.2) is 13.4 Å². The number of morpholine rings is 1. The second-order valence-electron chi connectivity index (χ2n) is 8.17. The molecule has 7 nitrogen and oxygen atoms in total. The lowest BCUT2D eigenvalue weighted by Gasteiger charge is -2.27. The van der Waals surface area contributed by atoms with Crippen molar-refractivity contribution < 1.29 is 17.9 Å². The zero-order valence-electron chi connectivity index (χ0n) is 18.9. The minimum Gasteiger partial charge on any atom is -0.379 e. The van der Waals surface area contributed by atoms with E-state index in [-0.39, 0.29) is 29.4 Å². The Morgan fingerprint density at radius 2 is 1.85 bits per heavy atom. The molecule has 3 aromatic rings. The van der Waals surface area contributed by atoms with Crippen molar-refractivity contribution >= 4 is 54.0 Å². The number of anilines is 1. The monoisotopic (exact) mass is 521 g/mol. The molecule has 0 unspecified atom stereocenters. The van der Waals surface area contributed by atoms with Crippen molar-refractivity contribution in [3.63, 3.8) is 0 Å². The Hall–Kier alpha value is -2.04. The van der Waals surface area contributed by atoms with Crippen LogP contribution < -0.4 is 4.90 Å². The number of thiazole rings is 1. The van der Waals surface area contributed by atoms with E-state index in [1.807, 2.05) is 12.1 Å². The van der Waals surface area contributed by atoms with E-state index in [1.54, 1.807) is 41.3 Å². The first-order chi connectivity index (χ1) is 16.4. The molecule has 2 heterocycles. The number of carbonyl (C=O) groups is 1. The van der Waals surface area contributed by atoms with Gasteiger partial charge in [0.25, 0.3) is 0 Å². The van der Waals surface area contributed by atoms with Crippen LogP contribution in [-0.2, 0) is 19.4 Å². The van der Waals surface area contributed by atoms with Gasteiger partial charge in [-0.15, -0.1) is 0 Å². The number of fused-ring (bicyclic) bond motifs is 1. The molecule has 1 amide bonds. The molecular weight excluding hydrogens is 494 g/mol. The zero-order chi connectivity index (χ0) is 24.0. The third-order valence-electron chi connectivity index (χ3n) is 5.76. The fraction of sp³-hybridized carbons (Fsp3) is 0.417. The SMILES string of the molecule is O=C(CCCS(=O)(=O)c1ccccc1)N(CCCN1CCOCC1)c1nc2c(Cl)cccc2s1. The summed E-state index contributed by atoms with van der Waals surface area (Å²) in [6.07, 6.45) is 1.17. The van der Waals surface area contributed by atoms with Crippen molar-refractivity contribution in [1.82, 2.24) is 9.88 Å². The van der Waals surface area contributed by atoms with Crippen LogP contribution in [0.15, 0.2) is 53.4 Å². The highest BCUT2D eigenvalue weighted by Crippen LogP contribution is 2.33. The Bertz CT molecular complexity index is 1210. The van der Waals surface area contributed by atoms with Gasteiger partial charge in [-0.2, -0.15) is 0 Å². The van der Waals surface area contributed by atoms with Crippen LogP contribution in [0.3, 0.4) is 0 Å². The first kappa shape index (κ1) is 25.1. The summed E-state index contributed by atoms with van der Waals surface area (Å²) < 4.78 is 31.5. The Labute approximate surface area is 209 Å². The van der Waals surface area contributed by atoms with E-state index in [9.17, 15) is 13.2 Å². The predicted octanol–water partition coefficient (Wildman–Crippen LogP) is 4.26. The lowest BCUT2D eigenvalue weighted by atomic mass is 10.2. The van der Waals surface area contributed by atoms with Gasteiger partial charge in [-0.1, -0.05) is 47.2 Å². The summed E-state index contributed by atoms with van der Waals surface area (Å²) in [6, 6.07) is 13.9. The van der Waals surface area contributed by atoms with Gasteiger partial charge in [0.1, 0.15) is 5.52 Å². The van der Waals surface area contributed by atoms with E-state index in [0.29, 0.717) is 22.2 Å². The fourth-order valence-electron chi connectivity index (χ4n) is 3.92. The van der Waals surface area contributed by atoms with Gasteiger partial charge in [0, 0.05) is 32.6 Å². The molecular formula is C24H28ClN3O4S2. The minimum atomic E-state index is -3.42. The summed E-state index contributed by atoms with van der Waals surface area (Å²) in [6.45, 7) is 4.62. The summed E-state index contributed by atoms with van der Waals surface area (Å²) in [5.74, 6) is -0.198. The maximum absolute atomic E-state index is 13.2. The highest BCUT2D eigenvalue weighted by molar-refractivity contribution is 7.91. The molecule has 0 N–H and O–H groups in total. The molecule has 10 heteroatoms. The van der Waals surface area contributed by atoms with Gasteiger partial charge >= 0.3 is 0 Å². The number of halogens is 1. The van der Waals surface area contributed by atoms with Crippen LogP contribution in [0.4, 0.5) is 5.13 Å². The molecule has 1 fully saturated rings. The lowest BCUT2D eigenvalue weighted by Crippen LogP contribution is -2.39. The van der Waals surface area contributed by atoms with Crippen molar-refractivity contribution in [2.45, 2.75) is 24.2 Å². The topological polar surface area (TPSA) is 79.8 Å². The molecule has 0 aliphatic carbocycles. The highest BCUT2D eigenvalue weighted by Gasteiger charge is 2.22. The second-order valence-corrected chi connectivity index (χ2v) is 11.7. The van der Waals surface area contributed by atoms with Crippen LogP contribution in [0.1, 0.15) is 19.3 Å². The van der Waals surface area contributed by atoms with E-state index in [1.165, 1.54) is 11.3 Å². The van der Waals surface area contributed by atoms with Crippen molar-refractivity contribution in [2.75, 3.05) is 50.0 Å². The molecule has 1 saturated heterocycles. The number of aromatic nitrogens is 1. The molecule has 1 aromatic heterocycles. The molecule has 0 spiro atoms. The molecule has 0 saturated carbocycles. The standard InChI is InChI=1S/C24H28ClN3O4S2/c25-20-9-4-10-21-23(20)26-24(33-21)28(13-6-12-27-14-16-32-17-15-27)22(29)11-5-18-34(30,31)19-7-2-1-3-8-19/h1-4,7-10H,5-6,11-18H2. The third kappa shape index (κ3) is 6.34. The first-order valence-corrected chi connectivity index (χ1v) is 14.2. The largest absolute Gasteiger partial charge is 0.379 e. The first-order valence-electron chi connectivity index (χ1n) is 11.4. The van der Waals surface area contributed by atoms with Crippen molar-refractivity contribution in [2.24, 2.45) is 0 Å². The Morgan fingerprint density at radius 3 is 2.59 bits per heavy atom. The fourth-order valence-corrected chi connectivity index (χ4v) is 6.56. The number of hydrogen-bond acceptors (Lipinski definition) is 7. The smallest absolute Gasteiger partial charge is 0.228 e. The van der Waals surface area contributed by atoms with Crippen LogP contribution in [0.2, 0.25) is 5.02 Å². The van der Waals surface area contributed by atoms with Gasteiger partial charge in [-0.05, 0) is 37.1 Å². The Kier molecular flexibility index (Phi) is 8.55. The maximum Gasteiger partial charge on any atom is 0.228 e. The molecule has 182 valence electrons. The van der Waals surface area contributed by atoms with Crippen LogP contribution in [0.25, 0.3) is 10.2 Å². The minimum absolute atomic E-state index is 0.0734. The summed E-state index contributed by atoms with van der Waals surface area (Å²) >= 11 is 7.74. The van der Waals surface area contributed by atoms with E-state index in [0.717, 1.165) is 44.0 Å². The molecule has 0 atom stereocenters. The van der Waals surface area contributed by atoms with Crippen molar-refractivity contribution in [1.29, 1.82) is 0 Å². The lowest BCUT2D eigenvalue weighted by molar-refractivity contribution is -0.118. The number of rotatable bonds is 10. The summed E-state index contributed by atoms with van der Waals surface area (Å²) in [5.41, 5.74) is 0.682. The van der Waals surface area contributed by atoms with Crippen LogP contribution in [0, 0.1) is 0 Å². The average molecular weight is 522 g/mol. The van der Waals surface area contributed by atoms with Gasteiger partial charge in [0.05, 0.1) is 33.6 Å². The number of nitrogens with zero attached hydrogens (tertiary/aromatic N) is 3. The van der Waals surface area contributed by atoms with Gasteiger partial charge < -0.3 is 4.74 Å². The number of hydrogen-bond donors (Lipinski definition) is 0. The number of carbonyl (C=O) groups excluding carboxylic acids is 1. The Balaban J connectivity index is 1.43. The van der Waals surface area contributed by atoms with E-state index in [4.69, 9.17) is 16.3 Å². The molecule has 0 radical (unpaired) electrons. The zero-order valence-corrected chi connectivity index (χ0v) is 21.2. The molecule has 1 aliphatic heterocycles. The van der Waals surface area contributed by atoms with E-state index < -0.39 is 9.84 Å². The third-order valence-corrected chi connectivity index (χ3v) is 8.92. The molecule has 1 aliphatic rings. The van der Waals surface area contributed by atoms with Crippen molar-refractivity contribution in [3.8, 4) is 0 Å². The normalized spacial score (nSPS) is 15.0. The average Bonchev–Trinajstić information content (AvgIpc) is 3.28. The van der Waals surface area contributed by atoms with Gasteiger partial charge in [-0.3, -0.25) is 14.6 Å². The van der Waals surface area contributed by atoms with Crippen LogP contribution in [-0.4, -0.2) is 69.4 Å². The molecule has 0 bridgehead atoms. The molecule has 34 heavy (non-hydrogen) atoms. The number of ether oxygens (including phenoxy) is 1. The van der Waals surface area contributed by atoms with Crippen molar-refractivity contribution in [3.05, 3.63) is 53.6 Å². The quantitative estimate of drug-likeness (QED) is 0.396. The van der Waals surface area contributed by atoms with Gasteiger partial charge in [0.15, 0.2) is 15.0 Å². The Morgan fingerprint density at radius 1 is 1.09 bits per heavy atom. The predicted molar refractivity (Wildman–Crippen MR) is 137 cm³/mol. The molecule has 2 aromatic carbocycles. The highest BCUT2D eigenvalue weighted by atomic mass is 35.5. The van der Waals surface area contributed by atoms with Gasteiger partial charge in [0.2, 0.25) is 5.91 Å². The van der Waals surface area contributed by atoms with E-state index in [2.05, 4.69) is 9.88 Å². The summed E-state index contributed by atoms with van der Waals surface area (Å²) in [7, 11) is -3.42. The number of para-hydroxylation sites is 1. The van der Waals surface area contributed by atoms with E-state index >= 15 is 0 Å². The number of sulfone groups is 1. The van der Waals surface area contributed by atoms with Crippen LogP contribution >= 0.6 is 22.9 Å². The second kappa shape index (κ2) is 11.6. The number of benzene rings is 2. The van der Waals surface area contributed by atoms with Crippen LogP contribution in [0.5, 0.6) is 0 Å².